The number of pyridine rings is 2. The summed E-state index contributed by atoms with van der Waals surface area (Å²) in [5.41, 5.74) is 12.7. The molecule has 0 atom stereocenters. The van der Waals surface area contributed by atoms with Gasteiger partial charge in [0.25, 0.3) is 0 Å². The summed E-state index contributed by atoms with van der Waals surface area (Å²) in [5.74, 6) is 7.92. The number of para-hydroxylation sites is 2. The van der Waals surface area contributed by atoms with E-state index in [0.29, 0.717) is 5.71 Å². The van der Waals surface area contributed by atoms with Gasteiger partial charge in [-0.2, -0.15) is 0 Å². The summed E-state index contributed by atoms with van der Waals surface area (Å²) in [6.07, 6.45) is 2.04. The van der Waals surface area contributed by atoms with Crippen LogP contribution in [0.2, 0.25) is 17.3 Å². The molecule has 0 aliphatic carbocycles. The van der Waals surface area contributed by atoms with Crippen molar-refractivity contribution >= 4 is 50.8 Å². The molecule has 0 saturated heterocycles. The molecule has 0 saturated carbocycles. The van der Waals surface area contributed by atoms with Gasteiger partial charge >= 0.3 is 99.8 Å². The minimum atomic E-state index is -1.72. The Balaban J connectivity index is 0.000000255. The van der Waals surface area contributed by atoms with Crippen LogP contribution in [0.4, 0.5) is 0 Å². The number of hydrogen-bond donors (Lipinski definition) is 0. The van der Waals surface area contributed by atoms with Gasteiger partial charge in [0.2, 0.25) is 5.71 Å². The Labute approximate surface area is 374 Å². The second kappa shape index (κ2) is 17.2. The Morgan fingerprint density at radius 2 is 1.33 bits per heavy atom. The standard InChI is InChI=1S/C40H30N3O.C14H16GeN.Ir/c1-40(2,3)28-21-24-35(32(25-28)26-13-6-4-7-14-26)43-36-20-11-10-19-34(36)41-38(43)31-18-12-17-29-30-22-23-33(27-15-8-5-9-16-27)42-39(30)44-37(29)31;1-15(2,3)13-9-10-14(16-11-13)12-7-5-4-6-8-12;/h4-17,19-25H,1-3H3;4-7,9-11H,1-3H3;/q2*-1;. The molecular formula is C54H46GeIrN4O-2. The van der Waals surface area contributed by atoms with E-state index in [4.69, 9.17) is 14.4 Å². The molecule has 61 heavy (non-hydrogen) atoms. The van der Waals surface area contributed by atoms with Crippen molar-refractivity contribution in [3.8, 4) is 50.7 Å². The van der Waals surface area contributed by atoms with Crippen LogP contribution in [0.1, 0.15) is 26.3 Å². The molecule has 4 heterocycles. The Hall–Kier alpha value is -5.92. The largest absolute Gasteiger partial charge is 0 e. The molecule has 0 spiro atoms. The molecule has 6 aromatic carbocycles. The van der Waals surface area contributed by atoms with Crippen LogP contribution in [0.25, 0.3) is 83.8 Å². The van der Waals surface area contributed by atoms with Gasteiger partial charge in [-0.1, -0.05) is 111 Å². The fourth-order valence-electron chi connectivity index (χ4n) is 7.59. The van der Waals surface area contributed by atoms with Crippen LogP contribution in [-0.4, -0.2) is 32.8 Å². The molecule has 303 valence electrons. The van der Waals surface area contributed by atoms with E-state index in [1.165, 1.54) is 9.96 Å². The average Bonchev–Trinajstić information content (AvgIpc) is 3.85. The van der Waals surface area contributed by atoms with E-state index < -0.39 is 13.3 Å². The second-order valence-electron chi connectivity index (χ2n) is 17.2. The molecule has 4 aromatic heterocycles. The summed E-state index contributed by atoms with van der Waals surface area (Å²) in [6, 6.07) is 63.0. The van der Waals surface area contributed by atoms with Crippen molar-refractivity contribution in [2.24, 2.45) is 0 Å². The van der Waals surface area contributed by atoms with Gasteiger partial charge in [0.05, 0.1) is 28.1 Å². The van der Waals surface area contributed by atoms with Crippen LogP contribution in [0.5, 0.6) is 0 Å². The van der Waals surface area contributed by atoms with Crippen molar-refractivity contribution in [1.29, 1.82) is 0 Å². The predicted molar refractivity (Wildman–Crippen MR) is 251 cm³/mol. The number of nitrogens with zero attached hydrogens (tertiary/aromatic N) is 4. The quantitative estimate of drug-likeness (QED) is 0.123. The molecule has 0 amide bonds. The Kier molecular flexibility index (Phi) is 11.8. The van der Waals surface area contributed by atoms with Crippen molar-refractivity contribution in [3.05, 3.63) is 188 Å². The minimum Gasteiger partial charge on any atom is 0 e. The molecule has 5 nitrogen and oxygen atoms in total. The van der Waals surface area contributed by atoms with Crippen LogP contribution in [-0.2, 0) is 25.5 Å². The Bertz CT molecular complexity index is 3090. The number of furan rings is 1. The third kappa shape index (κ3) is 8.54. The van der Waals surface area contributed by atoms with Crippen LogP contribution in [0.15, 0.2) is 174 Å². The molecule has 0 bridgehead atoms. The van der Waals surface area contributed by atoms with Gasteiger partial charge in [-0.05, 0) is 52.9 Å². The summed E-state index contributed by atoms with van der Waals surface area (Å²) in [5, 5.41) is 1.96. The van der Waals surface area contributed by atoms with Crippen molar-refractivity contribution in [2.75, 3.05) is 0 Å². The maximum Gasteiger partial charge on any atom is 0 e. The van der Waals surface area contributed by atoms with E-state index in [9.17, 15) is 0 Å². The average molecular weight is 1030 g/mol. The van der Waals surface area contributed by atoms with Gasteiger partial charge in [0, 0.05) is 42.3 Å². The fourth-order valence-corrected chi connectivity index (χ4v) is 9.76. The Morgan fingerprint density at radius 3 is 2.02 bits per heavy atom. The third-order valence-electron chi connectivity index (χ3n) is 11.0. The fraction of sp³-hybridized carbons (Fsp3) is 0.130. The van der Waals surface area contributed by atoms with Crippen molar-refractivity contribution in [3.63, 3.8) is 0 Å². The van der Waals surface area contributed by atoms with E-state index in [1.807, 2.05) is 60.8 Å². The SMILES string of the molecule is CC(C)(C)c1ccc(-n2c(-c3[c-]ccc4c3oc3nc(-c5ccccc5)ccc34)nc3ccccc32)c(-c2ccccc2)c1.[CH3][Ge]([CH3])([CH3])[c]1ccc(-c2[c-]cccc2)nc1.[Ir]. The van der Waals surface area contributed by atoms with Gasteiger partial charge in [0.1, 0.15) is 0 Å². The maximum absolute atomic E-state index is 6.57. The maximum atomic E-state index is 6.57. The number of hydrogen-bond acceptors (Lipinski definition) is 4. The summed E-state index contributed by atoms with van der Waals surface area (Å²) in [4.78, 5) is 14.7. The molecule has 0 unspecified atom stereocenters. The predicted octanol–water partition coefficient (Wildman–Crippen LogP) is 13.5. The molecule has 0 aliphatic rings. The molecule has 0 N–H and O–H groups in total. The summed E-state index contributed by atoms with van der Waals surface area (Å²) < 4.78 is 10.3. The van der Waals surface area contributed by atoms with Gasteiger partial charge in [-0.15, -0.1) is 18.2 Å². The number of rotatable bonds is 6. The first-order chi connectivity index (χ1) is 29.0. The second-order valence-corrected chi connectivity index (χ2v) is 27.8. The van der Waals surface area contributed by atoms with Crippen LogP contribution in [0.3, 0.4) is 0 Å². The van der Waals surface area contributed by atoms with E-state index >= 15 is 0 Å². The van der Waals surface area contributed by atoms with Crippen LogP contribution < -0.4 is 4.40 Å². The van der Waals surface area contributed by atoms with Crippen LogP contribution in [0, 0.1) is 12.1 Å². The molecule has 0 aliphatic heterocycles. The number of aromatic nitrogens is 4. The van der Waals surface area contributed by atoms with Gasteiger partial charge < -0.3 is 8.98 Å². The number of fused-ring (bicyclic) bond motifs is 4. The van der Waals surface area contributed by atoms with E-state index in [2.05, 4.69) is 169 Å². The zero-order chi connectivity index (χ0) is 41.4. The van der Waals surface area contributed by atoms with Gasteiger partial charge in [-0.3, -0.25) is 4.98 Å². The van der Waals surface area contributed by atoms with E-state index in [0.717, 1.165) is 78.1 Å². The zero-order valence-electron chi connectivity index (χ0n) is 35.2. The third-order valence-corrected chi connectivity index (χ3v) is 15.2. The topological polar surface area (TPSA) is 56.7 Å². The molecule has 7 heteroatoms. The Morgan fingerprint density at radius 1 is 0.623 bits per heavy atom. The van der Waals surface area contributed by atoms with Gasteiger partial charge in [-0.25, -0.2) is 4.98 Å². The first-order valence-corrected chi connectivity index (χ1v) is 27.8. The molecule has 10 rings (SSSR count). The summed E-state index contributed by atoms with van der Waals surface area (Å²) in [6.45, 7) is 6.76. The van der Waals surface area contributed by atoms with Crippen molar-refractivity contribution in [1.82, 2.24) is 19.5 Å². The first kappa shape index (κ1) is 41.8. The van der Waals surface area contributed by atoms with E-state index in [1.54, 1.807) is 0 Å². The molecule has 10 aromatic rings. The normalized spacial score (nSPS) is 11.6. The minimum absolute atomic E-state index is 0. The summed E-state index contributed by atoms with van der Waals surface area (Å²) >= 11 is -1.72. The molecular weight excluding hydrogens is 985 g/mol. The zero-order valence-corrected chi connectivity index (χ0v) is 39.7. The van der Waals surface area contributed by atoms with Gasteiger partial charge in [0.15, 0.2) is 0 Å². The number of benzene rings is 6. The van der Waals surface area contributed by atoms with Crippen molar-refractivity contribution < 1.29 is 24.5 Å². The molecule has 0 fully saturated rings. The molecule has 1 radical (unpaired) electrons. The van der Waals surface area contributed by atoms with Crippen LogP contribution >= 0.6 is 0 Å². The number of imidazole rings is 1. The first-order valence-electron chi connectivity index (χ1n) is 20.4. The smallest absolute Gasteiger partial charge is 0 e. The van der Waals surface area contributed by atoms with E-state index in [-0.39, 0.29) is 25.5 Å². The van der Waals surface area contributed by atoms with Crippen molar-refractivity contribution in [2.45, 2.75) is 43.5 Å². The summed E-state index contributed by atoms with van der Waals surface area (Å²) in [7, 11) is 0. The monoisotopic (exact) mass is 1030 g/mol.